The third-order valence-electron chi connectivity index (χ3n) is 2.81. The van der Waals surface area contributed by atoms with Gasteiger partial charge in [-0.2, -0.15) is 5.10 Å². The van der Waals surface area contributed by atoms with Gasteiger partial charge in [-0.15, -0.1) is 0 Å². The van der Waals surface area contributed by atoms with Gasteiger partial charge >= 0.3 is 0 Å². The molecule has 0 saturated heterocycles. The number of unbranched alkanes of at least 4 members (excludes halogenated alkanes) is 1. The van der Waals surface area contributed by atoms with E-state index >= 15 is 0 Å². The van der Waals surface area contributed by atoms with Gasteiger partial charge in [0.2, 0.25) is 0 Å². The lowest BCUT2D eigenvalue weighted by atomic mass is 10.2. The van der Waals surface area contributed by atoms with E-state index in [1.807, 2.05) is 31.3 Å². The number of hydrogen-bond donors (Lipinski definition) is 1. The maximum Gasteiger partial charge on any atom is 0.274 e. The molecule has 2 rings (SSSR count). The minimum atomic E-state index is 0.00700. The molecular weight excluding hydrogens is 214 g/mol. The van der Waals surface area contributed by atoms with Crippen LogP contribution in [0.15, 0.2) is 35.3 Å². The molecule has 0 aliphatic heterocycles. The Labute approximate surface area is 100 Å². The van der Waals surface area contributed by atoms with Crippen molar-refractivity contribution >= 4 is 10.8 Å². The molecule has 90 valence electrons. The Kier molecular flexibility index (Phi) is 3.88. The van der Waals surface area contributed by atoms with E-state index in [1.165, 1.54) is 0 Å². The summed E-state index contributed by atoms with van der Waals surface area (Å²) in [4.78, 5) is 12.1. The minimum Gasteiger partial charge on any atom is -0.320 e. The predicted octanol–water partition coefficient (Wildman–Crippen LogP) is 1.40. The second-order valence-electron chi connectivity index (χ2n) is 4.07. The van der Waals surface area contributed by atoms with E-state index < -0.39 is 0 Å². The average molecular weight is 231 g/mol. The molecule has 0 fully saturated rings. The average Bonchev–Trinajstić information content (AvgIpc) is 2.37. The summed E-state index contributed by atoms with van der Waals surface area (Å²) in [5.41, 5.74) is 0.00700. The molecule has 1 heterocycles. The van der Waals surface area contributed by atoms with Gasteiger partial charge in [-0.3, -0.25) is 4.79 Å². The van der Waals surface area contributed by atoms with E-state index in [1.54, 1.807) is 10.9 Å². The van der Waals surface area contributed by atoms with E-state index in [0.717, 1.165) is 30.2 Å². The molecule has 0 bridgehead atoms. The van der Waals surface area contributed by atoms with Crippen LogP contribution in [0.4, 0.5) is 0 Å². The van der Waals surface area contributed by atoms with E-state index in [-0.39, 0.29) is 5.56 Å². The van der Waals surface area contributed by atoms with Crippen LogP contribution in [0.25, 0.3) is 10.8 Å². The highest BCUT2D eigenvalue weighted by molar-refractivity contribution is 5.80. The summed E-state index contributed by atoms with van der Waals surface area (Å²) >= 11 is 0. The summed E-state index contributed by atoms with van der Waals surface area (Å²) in [5, 5.41) is 8.93. The number of nitrogens with one attached hydrogen (secondary N) is 1. The maximum absolute atomic E-state index is 12.1. The van der Waals surface area contributed by atoms with Crippen molar-refractivity contribution in [1.29, 1.82) is 0 Å². The Bertz CT molecular complexity index is 548. The Morgan fingerprint density at radius 2 is 2.12 bits per heavy atom. The Balaban J connectivity index is 2.18. The van der Waals surface area contributed by atoms with Gasteiger partial charge in [-0.1, -0.05) is 18.2 Å². The summed E-state index contributed by atoms with van der Waals surface area (Å²) in [6.07, 6.45) is 3.78. The lowest BCUT2D eigenvalue weighted by Gasteiger charge is -2.05. The molecule has 1 N–H and O–H groups in total. The number of rotatable bonds is 5. The van der Waals surface area contributed by atoms with Crippen molar-refractivity contribution in [2.75, 3.05) is 13.6 Å². The first-order valence-corrected chi connectivity index (χ1v) is 5.92. The molecule has 4 nitrogen and oxygen atoms in total. The molecule has 1 aromatic heterocycles. The van der Waals surface area contributed by atoms with Crippen LogP contribution in [0, 0.1) is 0 Å². The Hall–Kier alpha value is -1.68. The number of aryl methyl sites for hydroxylation is 1. The largest absolute Gasteiger partial charge is 0.320 e. The first-order valence-electron chi connectivity index (χ1n) is 5.92. The maximum atomic E-state index is 12.1. The summed E-state index contributed by atoms with van der Waals surface area (Å²) in [7, 11) is 1.93. The fourth-order valence-electron chi connectivity index (χ4n) is 1.85. The molecule has 0 amide bonds. The van der Waals surface area contributed by atoms with Gasteiger partial charge in [0.15, 0.2) is 0 Å². The second-order valence-corrected chi connectivity index (χ2v) is 4.07. The molecular formula is C13H17N3O. The number of benzene rings is 1. The summed E-state index contributed by atoms with van der Waals surface area (Å²) in [5.74, 6) is 0. The molecule has 1 aromatic carbocycles. The normalized spacial score (nSPS) is 10.9. The first-order chi connectivity index (χ1) is 8.33. The fraction of sp³-hybridized carbons (Fsp3) is 0.385. The van der Waals surface area contributed by atoms with Gasteiger partial charge in [0, 0.05) is 11.9 Å². The molecule has 4 heteroatoms. The van der Waals surface area contributed by atoms with Crippen LogP contribution in [0.1, 0.15) is 12.8 Å². The van der Waals surface area contributed by atoms with E-state index in [4.69, 9.17) is 0 Å². The van der Waals surface area contributed by atoms with Gasteiger partial charge < -0.3 is 5.32 Å². The topological polar surface area (TPSA) is 46.9 Å². The van der Waals surface area contributed by atoms with Crippen LogP contribution < -0.4 is 10.9 Å². The Morgan fingerprint density at radius 3 is 2.94 bits per heavy atom. The van der Waals surface area contributed by atoms with Crippen molar-refractivity contribution < 1.29 is 0 Å². The highest BCUT2D eigenvalue weighted by atomic mass is 16.1. The van der Waals surface area contributed by atoms with Gasteiger partial charge in [0.25, 0.3) is 5.56 Å². The van der Waals surface area contributed by atoms with Crippen LogP contribution in [-0.4, -0.2) is 23.4 Å². The van der Waals surface area contributed by atoms with Gasteiger partial charge in [-0.25, -0.2) is 4.68 Å². The summed E-state index contributed by atoms with van der Waals surface area (Å²) in [6.45, 7) is 1.66. The van der Waals surface area contributed by atoms with E-state index in [2.05, 4.69) is 10.4 Å². The predicted molar refractivity (Wildman–Crippen MR) is 69.2 cm³/mol. The second kappa shape index (κ2) is 5.59. The molecule has 17 heavy (non-hydrogen) atoms. The van der Waals surface area contributed by atoms with Crippen molar-refractivity contribution in [2.45, 2.75) is 19.4 Å². The molecule has 0 aliphatic carbocycles. The number of nitrogens with zero attached hydrogens (tertiary/aromatic N) is 2. The van der Waals surface area contributed by atoms with Crippen molar-refractivity contribution in [3.8, 4) is 0 Å². The standard InChI is InChI=1S/C13H17N3O/c1-14-8-4-5-9-16-13(17)12-7-3-2-6-11(12)10-15-16/h2-3,6-7,10,14H,4-5,8-9H2,1H3. The molecule has 0 radical (unpaired) electrons. The van der Waals surface area contributed by atoms with Crippen molar-refractivity contribution in [1.82, 2.24) is 15.1 Å². The summed E-state index contributed by atoms with van der Waals surface area (Å²) < 4.78 is 1.55. The zero-order valence-electron chi connectivity index (χ0n) is 10.0. The fourth-order valence-corrected chi connectivity index (χ4v) is 1.85. The van der Waals surface area contributed by atoms with Crippen LogP contribution in [0.5, 0.6) is 0 Å². The van der Waals surface area contributed by atoms with Crippen LogP contribution in [0.3, 0.4) is 0 Å². The highest BCUT2D eigenvalue weighted by Gasteiger charge is 2.02. The van der Waals surface area contributed by atoms with Crippen LogP contribution >= 0.6 is 0 Å². The minimum absolute atomic E-state index is 0.00700. The van der Waals surface area contributed by atoms with Crippen molar-refractivity contribution in [2.24, 2.45) is 0 Å². The molecule has 0 unspecified atom stereocenters. The van der Waals surface area contributed by atoms with Crippen LogP contribution in [-0.2, 0) is 6.54 Å². The molecule has 0 saturated carbocycles. The monoisotopic (exact) mass is 231 g/mol. The highest BCUT2D eigenvalue weighted by Crippen LogP contribution is 2.06. The molecule has 0 spiro atoms. The van der Waals surface area contributed by atoms with Crippen molar-refractivity contribution in [3.05, 3.63) is 40.8 Å². The molecule has 0 atom stereocenters. The van der Waals surface area contributed by atoms with Gasteiger partial charge in [0.1, 0.15) is 0 Å². The lowest BCUT2D eigenvalue weighted by Crippen LogP contribution is -2.23. The lowest BCUT2D eigenvalue weighted by molar-refractivity contribution is 0.528. The van der Waals surface area contributed by atoms with Crippen LogP contribution in [0.2, 0.25) is 0 Å². The number of hydrogen-bond acceptors (Lipinski definition) is 3. The van der Waals surface area contributed by atoms with Crippen molar-refractivity contribution in [3.63, 3.8) is 0 Å². The number of aromatic nitrogens is 2. The zero-order chi connectivity index (χ0) is 12.1. The third kappa shape index (κ3) is 2.71. The number of fused-ring (bicyclic) bond motifs is 1. The summed E-state index contributed by atoms with van der Waals surface area (Å²) in [6, 6.07) is 7.56. The first kappa shape index (κ1) is 11.8. The quantitative estimate of drug-likeness (QED) is 0.791. The smallest absolute Gasteiger partial charge is 0.274 e. The third-order valence-corrected chi connectivity index (χ3v) is 2.81. The van der Waals surface area contributed by atoms with E-state index in [0.29, 0.717) is 6.54 Å². The van der Waals surface area contributed by atoms with Gasteiger partial charge in [-0.05, 0) is 32.5 Å². The molecule has 2 aromatic rings. The SMILES string of the molecule is CNCCCCn1ncc2ccccc2c1=O. The van der Waals surface area contributed by atoms with E-state index in [9.17, 15) is 4.79 Å². The zero-order valence-corrected chi connectivity index (χ0v) is 10.0. The Morgan fingerprint density at radius 1 is 1.29 bits per heavy atom. The molecule has 0 aliphatic rings. The van der Waals surface area contributed by atoms with Gasteiger partial charge in [0.05, 0.1) is 11.6 Å².